The van der Waals surface area contributed by atoms with E-state index in [9.17, 15) is 0 Å². The van der Waals surface area contributed by atoms with E-state index in [1.54, 1.807) is 7.11 Å². The van der Waals surface area contributed by atoms with Crippen LogP contribution in [0.25, 0.3) is 0 Å². The van der Waals surface area contributed by atoms with E-state index in [0.717, 1.165) is 33.4 Å². The van der Waals surface area contributed by atoms with Crippen molar-refractivity contribution in [2.75, 3.05) is 20.3 Å². The van der Waals surface area contributed by atoms with E-state index in [4.69, 9.17) is 51.5 Å². The van der Waals surface area contributed by atoms with Gasteiger partial charge in [-0.1, -0.05) is 200 Å². The van der Waals surface area contributed by atoms with Gasteiger partial charge in [-0.15, -0.1) is 0 Å². The van der Waals surface area contributed by atoms with Gasteiger partial charge in [-0.3, -0.25) is 4.21 Å². The third-order valence-electron chi connectivity index (χ3n) is 13.4. The lowest BCUT2D eigenvalue weighted by atomic mass is 9.98. The fourth-order valence-electron chi connectivity index (χ4n) is 9.59. The van der Waals surface area contributed by atoms with Gasteiger partial charge in [0.05, 0.1) is 63.7 Å². The Morgan fingerprint density at radius 1 is 0.390 bits per heavy atom. The maximum atomic E-state index is 15.4. The van der Waals surface area contributed by atoms with Crippen molar-refractivity contribution >= 4 is 19.4 Å². The van der Waals surface area contributed by atoms with Crippen LogP contribution in [0.3, 0.4) is 0 Å². The predicted molar refractivity (Wildman–Crippen MR) is 297 cm³/mol. The van der Waals surface area contributed by atoms with Gasteiger partial charge in [0.25, 0.3) is 0 Å². The van der Waals surface area contributed by atoms with Crippen molar-refractivity contribution in [2.24, 2.45) is 0 Å². The van der Waals surface area contributed by atoms with E-state index in [1.807, 2.05) is 225 Å². The van der Waals surface area contributed by atoms with Crippen LogP contribution in [0.15, 0.2) is 217 Å². The SMILES string of the molecule is CO[C@H]1O[C@H](COCc2ccccc2)[C@@H](OCc2ccccc2)[C@H](O[Si](C)(C)O[C@H]2[C@@H](OCc3ccccc3)[C@H](OCc3ccccc3)[C@@H](COCc3ccccc3)O[C@@H]2S(=O)c2ccccc2)[C@H]1OCc1ccccc1. The van der Waals surface area contributed by atoms with Crippen LogP contribution in [0.5, 0.6) is 0 Å². The summed E-state index contributed by atoms with van der Waals surface area (Å²) in [4.78, 5) is 0.565. The summed E-state index contributed by atoms with van der Waals surface area (Å²) >= 11 is 0. The first kappa shape index (κ1) is 56.2. The maximum Gasteiger partial charge on any atom is 0.332 e. The molecular formula is C63H70O12SSi. The van der Waals surface area contributed by atoms with Crippen LogP contribution in [-0.4, -0.2) is 93.7 Å². The molecule has 2 aliphatic rings. The summed E-state index contributed by atoms with van der Waals surface area (Å²) in [6.07, 6.45) is -7.39. The van der Waals surface area contributed by atoms with E-state index in [1.165, 1.54) is 0 Å². The van der Waals surface area contributed by atoms with Gasteiger partial charge >= 0.3 is 8.56 Å². The molecule has 2 saturated heterocycles. The second-order valence-corrected chi connectivity index (χ2v) is 24.3. The van der Waals surface area contributed by atoms with Crippen LogP contribution >= 0.6 is 0 Å². The first-order chi connectivity index (χ1) is 37.8. The Bertz CT molecular complexity index is 2770. The minimum atomic E-state index is -3.57. The minimum absolute atomic E-state index is 0.112. The van der Waals surface area contributed by atoms with Crippen molar-refractivity contribution in [3.8, 4) is 0 Å². The Morgan fingerprint density at radius 3 is 1.12 bits per heavy atom. The van der Waals surface area contributed by atoms with Crippen LogP contribution < -0.4 is 0 Å². The number of methoxy groups -OCH3 is 1. The highest BCUT2D eigenvalue weighted by molar-refractivity contribution is 7.85. The van der Waals surface area contributed by atoms with Gasteiger partial charge in [0.1, 0.15) is 48.8 Å². The molecule has 9 rings (SSSR count). The highest BCUT2D eigenvalue weighted by atomic mass is 32.2. The number of benzene rings is 7. The monoisotopic (exact) mass is 1080 g/mol. The lowest BCUT2D eigenvalue weighted by Crippen LogP contribution is -2.66. The fourth-order valence-corrected chi connectivity index (χ4v) is 13.0. The normalized spacial score (nSPS) is 24.0. The van der Waals surface area contributed by atoms with Crippen LogP contribution in [0, 0.1) is 0 Å². The van der Waals surface area contributed by atoms with Crippen molar-refractivity contribution in [2.45, 2.75) is 118 Å². The molecule has 0 saturated carbocycles. The molecule has 0 radical (unpaired) electrons. The lowest BCUT2D eigenvalue weighted by molar-refractivity contribution is -0.314. The van der Waals surface area contributed by atoms with E-state index in [-0.39, 0.29) is 39.6 Å². The van der Waals surface area contributed by atoms with Crippen molar-refractivity contribution < 1.29 is 55.7 Å². The fraction of sp³-hybridized carbons (Fsp3) is 0.333. The zero-order chi connectivity index (χ0) is 53.1. The van der Waals surface area contributed by atoms with Gasteiger partial charge in [0.2, 0.25) is 0 Å². The summed E-state index contributed by atoms with van der Waals surface area (Å²) in [5.74, 6) is 0. The summed E-state index contributed by atoms with van der Waals surface area (Å²) in [6, 6.07) is 69.1. The van der Waals surface area contributed by atoms with Gasteiger partial charge < -0.3 is 51.5 Å². The van der Waals surface area contributed by atoms with Crippen molar-refractivity contribution in [3.05, 3.63) is 246 Å². The van der Waals surface area contributed by atoms with Crippen LogP contribution in [0.1, 0.15) is 33.4 Å². The van der Waals surface area contributed by atoms with E-state index in [2.05, 4.69) is 0 Å². The van der Waals surface area contributed by atoms with Gasteiger partial charge in [0, 0.05) is 12.0 Å². The molecule has 1 unspecified atom stereocenters. The molecule has 7 aromatic carbocycles. The highest BCUT2D eigenvalue weighted by Gasteiger charge is 2.55. The molecule has 0 spiro atoms. The smallest absolute Gasteiger partial charge is 0.332 e. The molecule has 12 nitrogen and oxygen atoms in total. The maximum absolute atomic E-state index is 15.4. The van der Waals surface area contributed by atoms with Crippen molar-refractivity contribution in [3.63, 3.8) is 0 Å². The summed E-state index contributed by atoms with van der Waals surface area (Å²) in [5.41, 5.74) is 4.76. The highest BCUT2D eigenvalue weighted by Crippen LogP contribution is 2.38. The standard InChI is InChI=1S/C63H70O12SSi/c1-65-62-60(71-44-52-35-21-9-22-36-52)59(57(69-42-50-31-17-7-18-32-50)54(72-62)45-66-39-47-25-11-4-12-26-47)74-77(2,3)75-61-58(70-43-51-33-19-8-20-34-51)56(68-41-49-29-15-6-16-30-49)55(46-67-40-48-27-13-5-14-28-48)73-63(61)76(64)53-37-23-10-24-38-53/h4-38,54-63H,39-46H2,1-3H3/t54-,55-,56-,57-,58+,59+,60-,61+,62+,63-,76?/m1/s1. The third kappa shape index (κ3) is 16.3. The van der Waals surface area contributed by atoms with Crippen molar-refractivity contribution in [1.29, 1.82) is 0 Å². The second kappa shape index (κ2) is 28.9. The molecule has 0 aliphatic carbocycles. The minimum Gasteiger partial charge on any atom is -0.386 e. The average Bonchev–Trinajstić information content (AvgIpc) is 3.48. The molecule has 2 aliphatic heterocycles. The zero-order valence-electron chi connectivity index (χ0n) is 43.9. The van der Waals surface area contributed by atoms with Gasteiger partial charge in [-0.05, 0) is 58.6 Å². The molecular weight excluding hydrogens is 1010 g/mol. The van der Waals surface area contributed by atoms with Gasteiger partial charge in [-0.2, -0.15) is 0 Å². The Kier molecular flexibility index (Phi) is 21.1. The molecule has 14 heteroatoms. The largest absolute Gasteiger partial charge is 0.386 e. The first-order valence-corrected chi connectivity index (χ1v) is 30.3. The molecule has 2 fully saturated rings. The lowest BCUT2D eigenvalue weighted by Gasteiger charge is -2.50. The number of rotatable bonds is 27. The molecule has 0 bridgehead atoms. The Labute approximate surface area is 457 Å². The molecule has 7 aromatic rings. The molecule has 0 aromatic heterocycles. The van der Waals surface area contributed by atoms with E-state index >= 15 is 4.21 Å². The summed E-state index contributed by atoms with van der Waals surface area (Å²) in [5, 5.41) is 0. The van der Waals surface area contributed by atoms with Crippen molar-refractivity contribution in [1.82, 2.24) is 0 Å². The molecule has 0 N–H and O–H groups in total. The van der Waals surface area contributed by atoms with E-state index < -0.39 is 79.9 Å². The Morgan fingerprint density at radius 2 is 0.714 bits per heavy atom. The van der Waals surface area contributed by atoms with Crippen LogP contribution in [0.4, 0.5) is 0 Å². The molecule has 77 heavy (non-hydrogen) atoms. The first-order valence-electron chi connectivity index (χ1n) is 26.3. The zero-order valence-corrected chi connectivity index (χ0v) is 45.8. The Hall–Kier alpha value is -5.53. The predicted octanol–water partition coefficient (Wildman–Crippen LogP) is 11.1. The topological polar surface area (TPSA) is 119 Å². The van der Waals surface area contributed by atoms with Crippen LogP contribution in [0.2, 0.25) is 13.1 Å². The number of hydrogen-bond donors (Lipinski definition) is 0. The number of ether oxygens (including phenoxy) is 9. The molecule has 0 amide bonds. The van der Waals surface area contributed by atoms with Gasteiger partial charge in [-0.25, -0.2) is 0 Å². The molecule has 2 heterocycles. The van der Waals surface area contributed by atoms with Gasteiger partial charge in [0.15, 0.2) is 11.7 Å². The summed E-state index contributed by atoms with van der Waals surface area (Å²) < 4.78 is 91.3. The Balaban J connectivity index is 1.09. The summed E-state index contributed by atoms with van der Waals surface area (Å²) in [7, 11) is -3.78. The number of hydrogen-bond acceptors (Lipinski definition) is 12. The third-order valence-corrected chi connectivity index (χ3v) is 16.6. The quantitative estimate of drug-likeness (QED) is 0.0456. The molecule has 11 atom stereocenters. The molecule has 404 valence electrons. The van der Waals surface area contributed by atoms with Crippen LogP contribution in [-0.2, 0) is 102 Å². The average molecular weight is 1080 g/mol. The van der Waals surface area contributed by atoms with E-state index in [0.29, 0.717) is 18.1 Å². The summed E-state index contributed by atoms with van der Waals surface area (Å²) in [6.45, 7) is 5.80. The second-order valence-electron chi connectivity index (χ2n) is 19.5.